The second kappa shape index (κ2) is 12.2. The summed E-state index contributed by atoms with van der Waals surface area (Å²) in [6, 6.07) is 17.0. The maximum atomic E-state index is 13.5. The Kier molecular flexibility index (Phi) is 8.27. The zero-order valence-corrected chi connectivity index (χ0v) is 25.0. The van der Waals surface area contributed by atoms with E-state index in [9.17, 15) is 9.59 Å². The van der Waals surface area contributed by atoms with Crippen LogP contribution in [-0.4, -0.2) is 51.4 Å². The lowest BCUT2D eigenvalue weighted by atomic mass is 10.0. The Morgan fingerprint density at radius 1 is 0.976 bits per heavy atom. The maximum Gasteiger partial charge on any atom is 0.263 e. The molecule has 0 spiro atoms. The molecular weight excluding hydrogens is 548 g/mol. The zero-order valence-electron chi connectivity index (χ0n) is 24.3. The van der Waals surface area contributed by atoms with Crippen molar-refractivity contribution in [2.45, 2.75) is 58.0 Å². The Labute approximate surface area is 251 Å². The van der Waals surface area contributed by atoms with E-state index in [-0.39, 0.29) is 22.9 Å². The van der Waals surface area contributed by atoms with Gasteiger partial charge in [0.1, 0.15) is 5.65 Å². The summed E-state index contributed by atoms with van der Waals surface area (Å²) in [6.07, 6.45) is 5.71. The van der Waals surface area contributed by atoms with Gasteiger partial charge in [0.05, 0.1) is 5.56 Å². The van der Waals surface area contributed by atoms with E-state index >= 15 is 0 Å². The number of fused-ring (bicyclic) bond motifs is 1. The van der Waals surface area contributed by atoms with Gasteiger partial charge in [-0.3, -0.25) is 19.1 Å². The number of nitrogens with zero attached hydrogens (tertiary/aromatic N) is 5. The van der Waals surface area contributed by atoms with E-state index in [1.807, 2.05) is 19.1 Å². The third kappa shape index (κ3) is 5.78. The van der Waals surface area contributed by atoms with Crippen LogP contribution in [0.25, 0.3) is 11.0 Å². The van der Waals surface area contributed by atoms with Crippen LogP contribution in [0.1, 0.15) is 65.7 Å². The van der Waals surface area contributed by atoms with Crippen LogP contribution in [-0.2, 0) is 12.4 Å². The normalized spacial score (nSPS) is 16.3. The van der Waals surface area contributed by atoms with Gasteiger partial charge >= 0.3 is 0 Å². The van der Waals surface area contributed by atoms with E-state index in [1.54, 1.807) is 10.8 Å². The fraction of sp³-hybridized carbons (Fsp3) is 0.394. The van der Waals surface area contributed by atoms with E-state index in [0.717, 1.165) is 75.0 Å². The largest absolute Gasteiger partial charge is 0.369 e. The predicted molar refractivity (Wildman–Crippen MR) is 169 cm³/mol. The second-order valence-electron chi connectivity index (χ2n) is 11.5. The molecule has 42 heavy (non-hydrogen) atoms. The third-order valence-corrected chi connectivity index (χ3v) is 9.00. The molecule has 0 radical (unpaired) electrons. The summed E-state index contributed by atoms with van der Waals surface area (Å²) in [5.74, 6) is 0.768. The predicted octanol–water partition coefficient (Wildman–Crippen LogP) is 6.22. The van der Waals surface area contributed by atoms with Crippen molar-refractivity contribution in [1.29, 1.82) is 0 Å². The van der Waals surface area contributed by atoms with Crippen molar-refractivity contribution in [3.8, 4) is 0 Å². The summed E-state index contributed by atoms with van der Waals surface area (Å²) in [5, 5.41) is 4.07. The van der Waals surface area contributed by atoms with Crippen LogP contribution >= 0.6 is 11.6 Å². The Morgan fingerprint density at radius 3 is 2.29 bits per heavy atom. The number of Topliss-reactive ketones (excluding diaryl/α,β-unsaturated/α-hetero) is 1. The number of ketones is 1. The quantitative estimate of drug-likeness (QED) is 0.194. The number of carbonyl (C=O) groups is 1. The first-order valence-electron chi connectivity index (χ1n) is 14.8. The average Bonchev–Trinajstić information content (AvgIpc) is 3.53. The molecule has 0 unspecified atom stereocenters. The van der Waals surface area contributed by atoms with E-state index in [0.29, 0.717) is 23.0 Å². The number of hydrogen-bond donors (Lipinski definition) is 1. The topological polar surface area (TPSA) is 83.4 Å². The first-order valence-corrected chi connectivity index (χ1v) is 15.4. The van der Waals surface area contributed by atoms with Crippen molar-refractivity contribution in [3.63, 3.8) is 0 Å². The number of rotatable bonds is 8. The first kappa shape index (κ1) is 28.4. The minimum atomic E-state index is -0.238. The molecule has 218 valence electrons. The van der Waals surface area contributed by atoms with Crippen molar-refractivity contribution >= 4 is 45.7 Å². The van der Waals surface area contributed by atoms with Gasteiger partial charge in [-0.05, 0) is 67.6 Å². The van der Waals surface area contributed by atoms with Crippen molar-refractivity contribution in [2.24, 2.45) is 0 Å². The van der Waals surface area contributed by atoms with Crippen molar-refractivity contribution < 1.29 is 4.79 Å². The fourth-order valence-electron chi connectivity index (χ4n) is 6.35. The van der Waals surface area contributed by atoms with Gasteiger partial charge in [-0.25, -0.2) is 4.98 Å². The van der Waals surface area contributed by atoms with Gasteiger partial charge < -0.3 is 10.2 Å². The van der Waals surface area contributed by atoms with Crippen molar-refractivity contribution in [3.05, 3.63) is 87.3 Å². The molecule has 8 nitrogen and oxygen atoms in total. The highest BCUT2D eigenvalue weighted by Crippen LogP contribution is 2.32. The molecular formula is C33H37ClN6O2. The lowest BCUT2D eigenvalue weighted by Crippen LogP contribution is -2.45. The summed E-state index contributed by atoms with van der Waals surface area (Å²) in [6.45, 7) is 8.19. The number of nitrogens with one attached hydrogen (secondary N) is 1. The van der Waals surface area contributed by atoms with Gasteiger partial charge in [0.2, 0.25) is 5.95 Å². The van der Waals surface area contributed by atoms with Crippen LogP contribution in [0.2, 0.25) is 0 Å². The van der Waals surface area contributed by atoms with Crippen LogP contribution in [0, 0.1) is 6.92 Å². The van der Waals surface area contributed by atoms with Crippen LogP contribution in [0.3, 0.4) is 0 Å². The molecule has 1 saturated carbocycles. The van der Waals surface area contributed by atoms with Crippen LogP contribution in [0.5, 0.6) is 0 Å². The summed E-state index contributed by atoms with van der Waals surface area (Å²) in [7, 11) is 0. The Balaban J connectivity index is 1.15. The molecule has 9 heteroatoms. The Hall–Kier alpha value is -3.75. The summed E-state index contributed by atoms with van der Waals surface area (Å²) in [5.41, 5.74) is 5.79. The molecule has 2 aliphatic rings. The van der Waals surface area contributed by atoms with E-state index in [2.05, 4.69) is 56.5 Å². The fourth-order valence-corrected chi connectivity index (χ4v) is 6.53. The standard InChI is InChI=1S/C33H37ClN6O2/c1-22-29-20-35-33(37-31(29)40(28-5-3-4-6-28)32(42)30(22)23(2)41)36-26-11-13-27(14-12-26)39-17-15-38(16-18-39)21-25-9-7-24(19-34)8-10-25/h7-14,20,28H,3-6,15-19,21H2,1-2H3,(H,35,36,37). The molecule has 2 aromatic heterocycles. The minimum Gasteiger partial charge on any atom is -0.369 e. The van der Waals surface area contributed by atoms with Gasteiger partial charge in [0.15, 0.2) is 5.78 Å². The molecule has 0 amide bonds. The highest BCUT2D eigenvalue weighted by Gasteiger charge is 2.26. The molecule has 3 heterocycles. The zero-order chi connectivity index (χ0) is 29.2. The Morgan fingerprint density at radius 2 is 1.64 bits per heavy atom. The van der Waals surface area contributed by atoms with Crippen LogP contribution in [0.15, 0.2) is 59.5 Å². The van der Waals surface area contributed by atoms with Crippen LogP contribution < -0.4 is 15.8 Å². The molecule has 2 fully saturated rings. The summed E-state index contributed by atoms with van der Waals surface area (Å²) >= 11 is 5.92. The molecule has 4 aromatic rings. The van der Waals surface area contributed by atoms with Crippen LogP contribution in [0.4, 0.5) is 17.3 Å². The number of halogens is 1. The second-order valence-corrected chi connectivity index (χ2v) is 11.8. The average molecular weight is 585 g/mol. The number of carbonyl (C=O) groups excluding carboxylic acids is 1. The van der Waals surface area contributed by atoms with Crippen molar-refractivity contribution in [1.82, 2.24) is 19.4 Å². The third-order valence-electron chi connectivity index (χ3n) is 8.69. The molecule has 1 aliphatic heterocycles. The SMILES string of the molecule is CC(=O)c1c(C)c2cnc(Nc3ccc(N4CCN(Cc5ccc(CCl)cc5)CC4)cc3)nc2n(C2CCCC2)c1=O. The lowest BCUT2D eigenvalue weighted by molar-refractivity contribution is 0.101. The molecule has 2 aromatic carbocycles. The number of aromatic nitrogens is 3. The van der Waals surface area contributed by atoms with Crippen molar-refractivity contribution in [2.75, 3.05) is 36.4 Å². The van der Waals surface area contributed by atoms with E-state index in [1.165, 1.54) is 18.2 Å². The van der Waals surface area contributed by atoms with Gasteiger partial charge in [0, 0.05) is 67.6 Å². The van der Waals surface area contributed by atoms with Gasteiger partial charge in [-0.1, -0.05) is 37.1 Å². The molecule has 0 bridgehead atoms. The van der Waals surface area contributed by atoms with Gasteiger partial charge in [-0.2, -0.15) is 4.98 Å². The molecule has 1 aliphatic carbocycles. The number of aryl methyl sites for hydroxylation is 1. The smallest absolute Gasteiger partial charge is 0.263 e. The molecule has 1 saturated heterocycles. The number of piperazine rings is 1. The number of benzene rings is 2. The highest BCUT2D eigenvalue weighted by atomic mass is 35.5. The molecule has 6 rings (SSSR count). The monoisotopic (exact) mass is 584 g/mol. The molecule has 1 N–H and O–H groups in total. The number of hydrogen-bond acceptors (Lipinski definition) is 7. The van der Waals surface area contributed by atoms with E-state index in [4.69, 9.17) is 16.6 Å². The summed E-state index contributed by atoms with van der Waals surface area (Å²) < 4.78 is 1.75. The van der Waals surface area contributed by atoms with Gasteiger partial charge in [0.25, 0.3) is 5.56 Å². The van der Waals surface area contributed by atoms with E-state index < -0.39 is 0 Å². The maximum absolute atomic E-state index is 13.5. The minimum absolute atomic E-state index is 0.0534. The first-order chi connectivity index (χ1) is 20.4. The number of anilines is 3. The number of alkyl halides is 1. The van der Waals surface area contributed by atoms with Gasteiger partial charge in [-0.15, -0.1) is 11.6 Å². The number of pyridine rings is 1. The Bertz CT molecular complexity index is 1640. The summed E-state index contributed by atoms with van der Waals surface area (Å²) in [4.78, 5) is 40.1. The molecule has 0 atom stereocenters. The highest BCUT2D eigenvalue weighted by molar-refractivity contribution is 6.17. The lowest BCUT2D eigenvalue weighted by Gasteiger charge is -2.36.